The quantitative estimate of drug-likeness (QED) is 0.610. The molecule has 0 unspecified atom stereocenters. The molecule has 23 heavy (non-hydrogen) atoms. The lowest BCUT2D eigenvalue weighted by Gasteiger charge is -2.37. The van der Waals surface area contributed by atoms with Crippen LogP contribution in [0.5, 0.6) is 0 Å². The van der Waals surface area contributed by atoms with Crippen molar-refractivity contribution in [3.8, 4) is 6.07 Å². The van der Waals surface area contributed by atoms with E-state index in [2.05, 4.69) is 4.72 Å². The van der Waals surface area contributed by atoms with E-state index in [-0.39, 0.29) is 12.2 Å². The van der Waals surface area contributed by atoms with Crippen LogP contribution in [0.3, 0.4) is 0 Å². The van der Waals surface area contributed by atoms with Crippen molar-refractivity contribution < 1.29 is 18.1 Å². The number of hydrogen-bond donors (Lipinski definition) is 1. The third-order valence-corrected chi connectivity index (χ3v) is 5.07. The number of nitrogens with one attached hydrogen (secondary N) is 1. The van der Waals surface area contributed by atoms with E-state index in [0.717, 1.165) is 0 Å². The van der Waals surface area contributed by atoms with Crippen molar-refractivity contribution in [3.63, 3.8) is 0 Å². The van der Waals surface area contributed by atoms with Crippen molar-refractivity contribution in [2.75, 3.05) is 13.2 Å². The Morgan fingerprint density at radius 3 is 2.48 bits per heavy atom. The van der Waals surface area contributed by atoms with E-state index in [4.69, 9.17) is 10.00 Å². The monoisotopic (exact) mass is 344 g/mol. The molecule has 1 aromatic carbocycles. The molecular weight excluding hydrogens is 322 g/mol. The second kappa shape index (κ2) is 8.06. The van der Waals surface area contributed by atoms with E-state index >= 15 is 0 Å². The summed E-state index contributed by atoms with van der Waals surface area (Å²) in [4.78, 5) is 0. The molecule has 3 atom stereocenters. The summed E-state index contributed by atoms with van der Waals surface area (Å²) >= 11 is -1.62. The van der Waals surface area contributed by atoms with E-state index in [0.29, 0.717) is 0 Å². The molecule has 0 fully saturated rings. The van der Waals surface area contributed by atoms with Gasteiger partial charge in [0.05, 0.1) is 12.7 Å². The molecule has 0 aliphatic rings. The average Bonchev–Trinajstić information content (AvgIpc) is 2.46. The van der Waals surface area contributed by atoms with Gasteiger partial charge in [-0.25, -0.2) is 8.78 Å². The Morgan fingerprint density at radius 2 is 1.96 bits per heavy atom. The number of rotatable bonds is 7. The Kier molecular flexibility index (Phi) is 6.96. The third kappa shape index (κ3) is 5.15. The summed E-state index contributed by atoms with van der Waals surface area (Å²) in [6.45, 7) is 5.96. The van der Waals surface area contributed by atoms with E-state index < -0.39 is 40.2 Å². The lowest BCUT2D eigenvalue weighted by atomic mass is 9.88. The topological polar surface area (TPSA) is 68.1 Å². The molecule has 0 bridgehead atoms. The van der Waals surface area contributed by atoms with Crippen molar-refractivity contribution in [3.05, 3.63) is 35.6 Å². The number of benzene rings is 1. The Balaban J connectivity index is 3.15. The highest BCUT2D eigenvalue weighted by atomic mass is 32.2. The Labute approximate surface area is 139 Å². The molecular formula is C16H22F2N2O2S. The lowest BCUT2D eigenvalue weighted by Crippen LogP contribution is -2.56. The van der Waals surface area contributed by atoms with Gasteiger partial charge in [0.15, 0.2) is 0 Å². The number of alkyl halides is 1. The molecule has 0 radical (unpaired) electrons. The van der Waals surface area contributed by atoms with Gasteiger partial charge in [-0.1, -0.05) is 18.2 Å². The number of ether oxygens (including phenoxy) is 1. The molecule has 0 aromatic heterocycles. The van der Waals surface area contributed by atoms with Crippen molar-refractivity contribution in [1.82, 2.24) is 4.72 Å². The molecule has 0 aliphatic carbocycles. The van der Waals surface area contributed by atoms with Crippen molar-refractivity contribution in [2.45, 2.75) is 44.2 Å². The Bertz CT molecular complexity index is 560. The fraction of sp³-hybridized carbons (Fsp3) is 0.562. The number of hydrogen-bond acceptors (Lipinski definition) is 4. The highest BCUT2D eigenvalue weighted by Crippen LogP contribution is 2.32. The van der Waals surface area contributed by atoms with Crippen LogP contribution >= 0.6 is 0 Å². The average molecular weight is 344 g/mol. The first kappa shape index (κ1) is 19.8. The number of nitriles is 1. The summed E-state index contributed by atoms with van der Waals surface area (Å²) in [6, 6.07) is 7.50. The van der Waals surface area contributed by atoms with Crippen molar-refractivity contribution in [1.29, 1.82) is 5.26 Å². The maximum atomic E-state index is 14.8. The second-order valence-electron chi connectivity index (χ2n) is 6.31. The van der Waals surface area contributed by atoms with Gasteiger partial charge in [-0.05, 0) is 33.8 Å². The van der Waals surface area contributed by atoms with Crippen LogP contribution in [-0.4, -0.2) is 28.7 Å². The summed E-state index contributed by atoms with van der Waals surface area (Å²) in [5, 5.41) is 8.47. The standard InChI is InChI=1S/C16H22F2N2O2S/c1-15(2,3)23(21)20-16(4,14(18)11-22-10-9-19)12-7-5-6-8-13(12)17/h5-8,14,20H,10-11H2,1-4H3/t14-,16+,23+/m0/s1. The zero-order chi connectivity index (χ0) is 17.7. The predicted molar refractivity (Wildman–Crippen MR) is 86.1 cm³/mol. The van der Waals surface area contributed by atoms with Crippen LogP contribution in [-0.2, 0) is 21.6 Å². The highest BCUT2D eigenvalue weighted by molar-refractivity contribution is 7.90. The first-order chi connectivity index (χ1) is 10.6. The van der Waals surface area contributed by atoms with Gasteiger partial charge in [0, 0.05) is 16.9 Å². The molecule has 1 aromatic rings. The zero-order valence-corrected chi connectivity index (χ0v) is 14.5. The first-order valence-electron chi connectivity index (χ1n) is 7.16. The molecule has 128 valence electrons. The number of halogens is 2. The van der Waals surface area contributed by atoms with Gasteiger partial charge in [-0.3, -0.25) is 0 Å². The fourth-order valence-corrected chi connectivity index (χ4v) is 2.82. The summed E-state index contributed by atoms with van der Waals surface area (Å²) in [7, 11) is 0. The molecule has 0 amide bonds. The summed E-state index contributed by atoms with van der Waals surface area (Å²) in [6.07, 6.45) is -1.70. The maximum Gasteiger partial charge on any atom is 0.150 e. The fourth-order valence-electron chi connectivity index (χ4n) is 1.89. The SMILES string of the molecule is CC(C)(C)[S@@+]([O-])N[C@](C)(c1ccccc1F)[C@@H](F)COCC#N. The van der Waals surface area contributed by atoms with Gasteiger partial charge in [-0.2, -0.15) is 5.26 Å². The van der Waals surface area contributed by atoms with Gasteiger partial charge in [-0.15, -0.1) is 4.72 Å². The molecule has 0 saturated carbocycles. The smallest absolute Gasteiger partial charge is 0.150 e. The predicted octanol–water partition coefficient (Wildman–Crippen LogP) is 2.97. The van der Waals surface area contributed by atoms with Crippen molar-refractivity contribution in [2.24, 2.45) is 0 Å². The first-order valence-corrected chi connectivity index (χ1v) is 8.31. The van der Waals surface area contributed by atoms with Crippen molar-refractivity contribution >= 4 is 11.4 Å². The third-order valence-electron chi connectivity index (χ3n) is 3.35. The molecule has 0 aliphatic heterocycles. The minimum atomic E-state index is -1.70. The highest BCUT2D eigenvalue weighted by Gasteiger charge is 2.45. The molecule has 0 saturated heterocycles. The van der Waals surface area contributed by atoms with E-state index in [1.165, 1.54) is 25.1 Å². The summed E-state index contributed by atoms with van der Waals surface area (Å²) < 4.78 is 48.4. The minimum Gasteiger partial charge on any atom is -0.598 e. The normalized spacial score (nSPS) is 17.1. The molecule has 0 heterocycles. The van der Waals surface area contributed by atoms with Crippen LogP contribution < -0.4 is 4.72 Å². The molecule has 1 N–H and O–H groups in total. The summed E-state index contributed by atoms with van der Waals surface area (Å²) in [5.41, 5.74) is -1.50. The van der Waals surface area contributed by atoms with E-state index in [1.54, 1.807) is 32.9 Å². The molecule has 7 heteroatoms. The van der Waals surface area contributed by atoms with Gasteiger partial charge in [0.25, 0.3) is 0 Å². The number of nitrogens with zero attached hydrogens (tertiary/aromatic N) is 1. The minimum absolute atomic E-state index is 0.0608. The van der Waals surface area contributed by atoms with Crippen LogP contribution in [0.15, 0.2) is 24.3 Å². The van der Waals surface area contributed by atoms with Crippen LogP contribution in [0, 0.1) is 17.1 Å². The van der Waals surface area contributed by atoms with Gasteiger partial charge >= 0.3 is 0 Å². The van der Waals surface area contributed by atoms with Crippen LogP contribution in [0.2, 0.25) is 0 Å². The molecule has 1 rings (SSSR count). The Hall–Kier alpha value is -1.20. The summed E-state index contributed by atoms with van der Waals surface area (Å²) in [5.74, 6) is -0.601. The van der Waals surface area contributed by atoms with Gasteiger partial charge in [0.2, 0.25) is 0 Å². The van der Waals surface area contributed by atoms with E-state index in [1.807, 2.05) is 0 Å². The maximum absolute atomic E-state index is 14.8. The Morgan fingerprint density at radius 1 is 1.35 bits per heavy atom. The van der Waals surface area contributed by atoms with Gasteiger partial charge < -0.3 is 9.29 Å². The van der Waals surface area contributed by atoms with Gasteiger partial charge in [0.1, 0.15) is 28.9 Å². The van der Waals surface area contributed by atoms with Crippen LogP contribution in [0.1, 0.15) is 33.3 Å². The zero-order valence-electron chi connectivity index (χ0n) is 13.7. The van der Waals surface area contributed by atoms with E-state index in [9.17, 15) is 13.3 Å². The van der Waals surface area contributed by atoms with Crippen LogP contribution in [0.25, 0.3) is 0 Å². The second-order valence-corrected chi connectivity index (χ2v) is 8.27. The van der Waals surface area contributed by atoms with Crippen LogP contribution in [0.4, 0.5) is 8.78 Å². The lowest BCUT2D eigenvalue weighted by molar-refractivity contribution is 0.0556. The largest absolute Gasteiger partial charge is 0.598 e. The molecule has 4 nitrogen and oxygen atoms in total. The molecule has 0 spiro atoms.